The second kappa shape index (κ2) is 12.3. The molecule has 0 bridgehead atoms. The highest BCUT2D eigenvalue weighted by molar-refractivity contribution is 6.10. The van der Waals surface area contributed by atoms with Gasteiger partial charge in [0.05, 0.1) is 5.69 Å². The molecular weight excluding hydrogens is 591 g/mol. The Hall–Kier alpha value is -6.44. The van der Waals surface area contributed by atoms with Gasteiger partial charge in [-0.3, -0.25) is 0 Å². The Morgan fingerprint density at radius 2 is 0.694 bits per heavy atom. The SMILES string of the molecule is c1ccc(-c2ccc(-c3ccc(N(c4ccccc4)c4ccc(-c5cccc6ccccc56)c5ccccc45)cc3)c3ccccc23)cc1. The Labute approximate surface area is 287 Å². The first-order valence-corrected chi connectivity index (χ1v) is 16.9. The predicted octanol–water partition coefficient (Wildman–Crippen LogP) is 13.6. The lowest BCUT2D eigenvalue weighted by molar-refractivity contribution is 1.30. The summed E-state index contributed by atoms with van der Waals surface area (Å²) >= 11 is 0. The van der Waals surface area contributed by atoms with E-state index in [4.69, 9.17) is 0 Å². The van der Waals surface area contributed by atoms with Crippen LogP contribution in [0.1, 0.15) is 0 Å². The molecule has 0 aliphatic carbocycles. The van der Waals surface area contributed by atoms with E-state index in [9.17, 15) is 0 Å². The van der Waals surface area contributed by atoms with E-state index in [1.54, 1.807) is 0 Å². The fourth-order valence-electron chi connectivity index (χ4n) is 7.39. The standard InChI is InChI=1S/C48H33N/c1-3-14-34(15-4-1)40-30-31-41(43-22-10-9-21-42(40)43)36-26-28-38(29-27-36)49(37-18-5-2-6-19-37)48-33-32-46(45-23-11-12-24-47(45)48)44-25-13-17-35-16-7-8-20-39(35)44/h1-33H. The summed E-state index contributed by atoms with van der Waals surface area (Å²) in [6, 6.07) is 72.3. The molecule has 0 radical (unpaired) electrons. The summed E-state index contributed by atoms with van der Waals surface area (Å²) in [6.45, 7) is 0. The van der Waals surface area contributed by atoms with E-state index >= 15 is 0 Å². The zero-order valence-electron chi connectivity index (χ0n) is 27.0. The highest BCUT2D eigenvalue weighted by atomic mass is 15.1. The fraction of sp³-hybridized carbons (Fsp3) is 0. The Bertz CT molecular complexity index is 2580. The first kappa shape index (κ1) is 28.8. The minimum Gasteiger partial charge on any atom is -0.310 e. The smallest absolute Gasteiger partial charge is 0.0540 e. The van der Waals surface area contributed by atoms with Crippen LogP contribution in [0.2, 0.25) is 0 Å². The van der Waals surface area contributed by atoms with Crippen LogP contribution in [-0.2, 0) is 0 Å². The van der Waals surface area contributed by atoms with Crippen molar-refractivity contribution in [3.05, 3.63) is 200 Å². The number of hydrogen-bond acceptors (Lipinski definition) is 1. The highest BCUT2D eigenvalue weighted by Crippen LogP contribution is 2.44. The summed E-state index contributed by atoms with van der Waals surface area (Å²) < 4.78 is 0. The molecule has 0 aromatic heterocycles. The maximum absolute atomic E-state index is 2.38. The molecule has 230 valence electrons. The van der Waals surface area contributed by atoms with Crippen LogP contribution in [0.4, 0.5) is 17.1 Å². The zero-order chi connectivity index (χ0) is 32.6. The fourth-order valence-corrected chi connectivity index (χ4v) is 7.39. The molecule has 0 heterocycles. The lowest BCUT2D eigenvalue weighted by atomic mass is 9.92. The molecule has 9 aromatic rings. The molecule has 0 N–H and O–H groups in total. The molecule has 0 aliphatic rings. The largest absolute Gasteiger partial charge is 0.310 e. The van der Waals surface area contributed by atoms with E-state index in [0.717, 1.165) is 17.1 Å². The minimum absolute atomic E-state index is 1.11. The van der Waals surface area contributed by atoms with Gasteiger partial charge in [-0.2, -0.15) is 0 Å². The van der Waals surface area contributed by atoms with Crippen molar-refractivity contribution in [2.24, 2.45) is 0 Å². The molecule has 0 atom stereocenters. The summed E-state index contributed by atoms with van der Waals surface area (Å²) in [7, 11) is 0. The zero-order valence-corrected chi connectivity index (χ0v) is 27.0. The number of benzene rings is 9. The van der Waals surface area contributed by atoms with Crippen molar-refractivity contribution >= 4 is 49.4 Å². The molecule has 0 fully saturated rings. The number of nitrogens with zero attached hydrogens (tertiary/aromatic N) is 1. The Morgan fingerprint density at radius 1 is 0.245 bits per heavy atom. The second-order valence-corrected chi connectivity index (χ2v) is 12.5. The van der Waals surface area contributed by atoms with Crippen LogP contribution in [0.25, 0.3) is 65.7 Å². The summed E-state index contributed by atoms with van der Waals surface area (Å²) in [5.74, 6) is 0. The topological polar surface area (TPSA) is 3.24 Å². The number of anilines is 3. The number of para-hydroxylation sites is 1. The maximum atomic E-state index is 2.38. The van der Waals surface area contributed by atoms with Gasteiger partial charge in [-0.05, 0) is 90.6 Å². The van der Waals surface area contributed by atoms with Gasteiger partial charge in [0, 0.05) is 16.8 Å². The predicted molar refractivity (Wildman–Crippen MR) is 210 cm³/mol. The minimum atomic E-state index is 1.11. The van der Waals surface area contributed by atoms with Crippen molar-refractivity contribution in [3.63, 3.8) is 0 Å². The van der Waals surface area contributed by atoms with E-state index in [-0.39, 0.29) is 0 Å². The van der Waals surface area contributed by atoms with Gasteiger partial charge < -0.3 is 4.90 Å². The molecule has 0 unspecified atom stereocenters. The van der Waals surface area contributed by atoms with Crippen LogP contribution in [0, 0.1) is 0 Å². The summed E-state index contributed by atoms with van der Waals surface area (Å²) in [5, 5.41) is 7.48. The van der Waals surface area contributed by atoms with Crippen molar-refractivity contribution in [3.8, 4) is 33.4 Å². The van der Waals surface area contributed by atoms with Gasteiger partial charge in [-0.1, -0.05) is 170 Å². The molecule has 1 nitrogen and oxygen atoms in total. The van der Waals surface area contributed by atoms with E-state index in [1.165, 1.54) is 65.7 Å². The third-order valence-corrected chi connectivity index (χ3v) is 9.68. The molecule has 1 heteroatoms. The van der Waals surface area contributed by atoms with Crippen molar-refractivity contribution in [2.75, 3.05) is 4.90 Å². The van der Waals surface area contributed by atoms with Gasteiger partial charge in [0.1, 0.15) is 0 Å². The van der Waals surface area contributed by atoms with Gasteiger partial charge in [0.2, 0.25) is 0 Å². The molecule has 0 spiro atoms. The molecule has 9 rings (SSSR count). The van der Waals surface area contributed by atoms with Crippen LogP contribution in [-0.4, -0.2) is 0 Å². The van der Waals surface area contributed by atoms with Crippen LogP contribution in [0.15, 0.2) is 200 Å². The van der Waals surface area contributed by atoms with Gasteiger partial charge in [0.25, 0.3) is 0 Å². The highest BCUT2D eigenvalue weighted by Gasteiger charge is 2.18. The summed E-state index contributed by atoms with van der Waals surface area (Å²) in [4.78, 5) is 2.38. The van der Waals surface area contributed by atoms with E-state index in [1.807, 2.05) is 0 Å². The Kier molecular flexibility index (Phi) is 7.22. The van der Waals surface area contributed by atoms with Crippen LogP contribution >= 0.6 is 0 Å². The first-order valence-electron chi connectivity index (χ1n) is 16.9. The summed E-state index contributed by atoms with van der Waals surface area (Å²) in [6.07, 6.45) is 0. The molecule has 49 heavy (non-hydrogen) atoms. The maximum Gasteiger partial charge on any atom is 0.0540 e. The Morgan fingerprint density at radius 3 is 1.37 bits per heavy atom. The van der Waals surface area contributed by atoms with Crippen molar-refractivity contribution in [1.29, 1.82) is 0 Å². The molecule has 0 saturated carbocycles. The molecule has 9 aromatic carbocycles. The monoisotopic (exact) mass is 623 g/mol. The van der Waals surface area contributed by atoms with Gasteiger partial charge >= 0.3 is 0 Å². The number of fused-ring (bicyclic) bond motifs is 3. The normalized spacial score (nSPS) is 11.3. The van der Waals surface area contributed by atoms with Crippen LogP contribution in [0.5, 0.6) is 0 Å². The molecule has 0 saturated heterocycles. The lowest BCUT2D eigenvalue weighted by Crippen LogP contribution is -2.10. The molecular formula is C48H33N. The van der Waals surface area contributed by atoms with E-state index in [2.05, 4.69) is 205 Å². The number of hydrogen-bond donors (Lipinski definition) is 0. The van der Waals surface area contributed by atoms with E-state index in [0.29, 0.717) is 0 Å². The van der Waals surface area contributed by atoms with Gasteiger partial charge in [-0.25, -0.2) is 0 Å². The molecule has 0 amide bonds. The average Bonchev–Trinajstić information content (AvgIpc) is 3.18. The molecule has 0 aliphatic heterocycles. The third kappa shape index (κ3) is 5.13. The van der Waals surface area contributed by atoms with Crippen molar-refractivity contribution < 1.29 is 0 Å². The average molecular weight is 624 g/mol. The third-order valence-electron chi connectivity index (χ3n) is 9.68. The second-order valence-electron chi connectivity index (χ2n) is 12.5. The Balaban J connectivity index is 1.17. The summed E-state index contributed by atoms with van der Waals surface area (Å²) in [5.41, 5.74) is 10.8. The first-order chi connectivity index (χ1) is 24.3. The van der Waals surface area contributed by atoms with Crippen molar-refractivity contribution in [2.45, 2.75) is 0 Å². The van der Waals surface area contributed by atoms with Crippen LogP contribution < -0.4 is 4.90 Å². The van der Waals surface area contributed by atoms with Crippen molar-refractivity contribution in [1.82, 2.24) is 0 Å². The van der Waals surface area contributed by atoms with Gasteiger partial charge in [0.15, 0.2) is 0 Å². The van der Waals surface area contributed by atoms with Crippen LogP contribution in [0.3, 0.4) is 0 Å². The lowest BCUT2D eigenvalue weighted by Gasteiger charge is -2.28. The van der Waals surface area contributed by atoms with E-state index < -0.39 is 0 Å². The number of rotatable bonds is 6. The quantitative estimate of drug-likeness (QED) is 0.178. The van der Waals surface area contributed by atoms with Gasteiger partial charge in [-0.15, -0.1) is 0 Å².